The van der Waals surface area contributed by atoms with Crippen LogP contribution in [0.2, 0.25) is 5.02 Å². The minimum atomic E-state index is -0.243. The highest BCUT2D eigenvalue weighted by atomic mass is 35.5. The fourth-order valence-electron chi connectivity index (χ4n) is 3.42. The summed E-state index contributed by atoms with van der Waals surface area (Å²) in [5.41, 5.74) is 0.655. The molecule has 0 aliphatic heterocycles. The number of rotatable bonds is 5. The van der Waals surface area contributed by atoms with Gasteiger partial charge in [0.05, 0.1) is 5.60 Å². The van der Waals surface area contributed by atoms with Crippen molar-refractivity contribution in [1.82, 2.24) is 5.32 Å². The van der Waals surface area contributed by atoms with E-state index < -0.39 is 0 Å². The first-order valence-electron chi connectivity index (χ1n) is 7.67. The molecule has 2 rings (SSSR count). The zero-order valence-electron chi connectivity index (χ0n) is 13.1. The second-order valence-corrected chi connectivity index (χ2v) is 6.64. The van der Waals surface area contributed by atoms with E-state index >= 15 is 0 Å². The summed E-state index contributed by atoms with van der Waals surface area (Å²) in [7, 11) is 3.73. The van der Waals surface area contributed by atoms with Gasteiger partial charge in [-0.05, 0) is 68.8 Å². The van der Waals surface area contributed by atoms with Crippen LogP contribution in [-0.2, 0) is 11.2 Å². The van der Waals surface area contributed by atoms with E-state index in [1.807, 2.05) is 7.05 Å². The quantitative estimate of drug-likeness (QED) is 0.879. The highest BCUT2D eigenvalue weighted by Gasteiger charge is 2.41. The summed E-state index contributed by atoms with van der Waals surface area (Å²) in [6.45, 7) is 2.29. The summed E-state index contributed by atoms with van der Waals surface area (Å²) in [5.74, 6) is 0.511. The lowest BCUT2D eigenvalue weighted by Crippen LogP contribution is -2.54. The smallest absolute Gasteiger partial charge is 0.123 e. The van der Waals surface area contributed by atoms with Gasteiger partial charge in [-0.3, -0.25) is 0 Å². The van der Waals surface area contributed by atoms with Gasteiger partial charge in [0.1, 0.15) is 5.82 Å². The molecule has 1 aromatic rings. The third-order valence-corrected chi connectivity index (χ3v) is 5.31. The second-order valence-electron chi connectivity index (χ2n) is 6.23. The van der Waals surface area contributed by atoms with Crippen molar-refractivity contribution in [1.29, 1.82) is 0 Å². The lowest BCUT2D eigenvalue weighted by Gasteiger charge is -2.44. The molecule has 1 atom stereocenters. The molecule has 0 bridgehead atoms. The average Bonchev–Trinajstić information content (AvgIpc) is 2.49. The average molecular weight is 314 g/mol. The summed E-state index contributed by atoms with van der Waals surface area (Å²) in [6.07, 6.45) is 5.08. The van der Waals surface area contributed by atoms with Crippen molar-refractivity contribution in [3.63, 3.8) is 0 Å². The molecule has 0 amide bonds. The highest BCUT2D eigenvalue weighted by molar-refractivity contribution is 6.31. The van der Waals surface area contributed by atoms with Crippen LogP contribution in [0.15, 0.2) is 18.2 Å². The predicted molar refractivity (Wildman–Crippen MR) is 85.3 cm³/mol. The Bertz CT molecular complexity index is 472. The molecule has 0 aromatic heterocycles. The SMILES string of the molecule is CNC(Cc1cc(F)ccc1Cl)C1(OC)CCC(C)CC1. The normalized spacial score (nSPS) is 27.6. The molecule has 1 aliphatic rings. The number of ether oxygens (including phenoxy) is 1. The van der Waals surface area contributed by atoms with Gasteiger partial charge in [-0.1, -0.05) is 18.5 Å². The second kappa shape index (κ2) is 7.08. The largest absolute Gasteiger partial charge is 0.377 e. The Hall–Kier alpha value is -0.640. The third kappa shape index (κ3) is 3.77. The van der Waals surface area contributed by atoms with Crippen LogP contribution in [0, 0.1) is 11.7 Å². The van der Waals surface area contributed by atoms with Crippen LogP contribution in [0.4, 0.5) is 4.39 Å². The maximum atomic E-state index is 13.5. The molecule has 1 N–H and O–H groups in total. The molecule has 0 saturated heterocycles. The summed E-state index contributed by atoms with van der Waals surface area (Å²) >= 11 is 6.21. The Morgan fingerprint density at radius 2 is 2.10 bits per heavy atom. The number of hydrogen-bond donors (Lipinski definition) is 1. The molecule has 1 aliphatic carbocycles. The molecule has 21 heavy (non-hydrogen) atoms. The molecule has 118 valence electrons. The van der Waals surface area contributed by atoms with Gasteiger partial charge in [0, 0.05) is 18.2 Å². The minimum Gasteiger partial charge on any atom is -0.377 e. The Morgan fingerprint density at radius 1 is 1.43 bits per heavy atom. The summed E-state index contributed by atoms with van der Waals surface area (Å²) in [5, 5.41) is 3.99. The highest BCUT2D eigenvalue weighted by Crippen LogP contribution is 2.38. The summed E-state index contributed by atoms with van der Waals surface area (Å²) < 4.78 is 19.4. The van der Waals surface area contributed by atoms with E-state index in [0.29, 0.717) is 11.4 Å². The molecule has 4 heteroatoms. The van der Waals surface area contributed by atoms with Crippen LogP contribution in [0.5, 0.6) is 0 Å². The zero-order chi connectivity index (χ0) is 15.5. The lowest BCUT2D eigenvalue weighted by atomic mass is 9.74. The first kappa shape index (κ1) is 16.7. The maximum Gasteiger partial charge on any atom is 0.123 e. The summed E-state index contributed by atoms with van der Waals surface area (Å²) in [4.78, 5) is 0. The number of halogens is 2. The van der Waals surface area contributed by atoms with E-state index in [1.165, 1.54) is 25.0 Å². The van der Waals surface area contributed by atoms with Gasteiger partial charge in [-0.15, -0.1) is 0 Å². The summed E-state index contributed by atoms with van der Waals surface area (Å²) in [6, 6.07) is 4.69. The van der Waals surface area contributed by atoms with Gasteiger partial charge in [-0.25, -0.2) is 4.39 Å². The molecule has 0 spiro atoms. The Kier molecular flexibility index (Phi) is 5.64. The van der Waals surface area contributed by atoms with Crippen molar-refractivity contribution in [3.05, 3.63) is 34.6 Å². The standard InChI is InChI=1S/C17H25ClFNO/c1-12-6-8-17(21-3,9-7-12)16(20-2)11-13-10-14(19)4-5-15(13)18/h4-5,10,12,16,20H,6-9,11H2,1-3H3. The maximum absolute atomic E-state index is 13.5. The van der Waals surface area contributed by atoms with E-state index in [1.54, 1.807) is 13.2 Å². The molecule has 2 nitrogen and oxygen atoms in total. The van der Waals surface area contributed by atoms with Crippen molar-refractivity contribution < 1.29 is 9.13 Å². The number of methoxy groups -OCH3 is 1. The van der Waals surface area contributed by atoms with Crippen LogP contribution in [0.3, 0.4) is 0 Å². The monoisotopic (exact) mass is 313 g/mol. The van der Waals surface area contributed by atoms with Crippen molar-refractivity contribution in [2.24, 2.45) is 5.92 Å². The molecule has 1 unspecified atom stereocenters. The van der Waals surface area contributed by atoms with Crippen LogP contribution in [0.25, 0.3) is 0 Å². The molecular weight excluding hydrogens is 289 g/mol. The number of hydrogen-bond acceptors (Lipinski definition) is 2. The number of nitrogens with one attached hydrogen (secondary N) is 1. The first-order chi connectivity index (χ1) is 10.0. The van der Waals surface area contributed by atoms with Gasteiger partial charge >= 0.3 is 0 Å². The van der Waals surface area contributed by atoms with E-state index in [9.17, 15) is 4.39 Å². The van der Waals surface area contributed by atoms with Gasteiger partial charge in [-0.2, -0.15) is 0 Å². The van der Waals surface area contributed by atoms with Gasteiger partial charge in [0.15, 0.2) is 0 Å². The molecule has 0 heterocycles. The predicted octanol–water partition coefficient (Wildman–Crippen LogP) is 4.20. The van der Waals surface area contributed by atoms with Gasteiger partial charge in [0.25, 0.3) is 0 Å². The third-order valence-electron chi connectivity index (χ3n) is 4.94. The minimum absolute atomic E-state index is 0.134. The van der Waals surface area contributed by atoms with E-state index in [2.05, 4.69) is 12.2 Å². The molecular formula is C17H25ClFNO. The van der Waals surface area contributed by atoms with E-state index in [-0.39, 0.29) is 17.5 Å². The Labute approximate surface area is 132 Å². The zero-order valence-corrected chi connectivity index (χ0v) is 13.8. The van der Waals surface area contributed by atoms with E-state index in [4.69, 9.17) is 16.3 Å². The van der Waals surface area contributed by atoms with Crippen LogP contribution < -0.4 is 5.32 Å². The van der Waals surface area contributed by atoms with Crippen LogP contribution >= 0.6 is 11.6 Å². The number of benzene rings is 1. The van der Waals surface area contributed by atoms with Gasteiger partial charge < -0.3 is 10.1 Å². The van der Waals surface area contributed by atoms with Crippen LogP contribution in [0.1, 0.15) is 38.2 Å². The van der Waals surface area contributed by atoms with Crippen molar-refractivity contribution in [2.75, 3.05) is 14.2 Å². The fourth-order valence-corrected chi connectivity index (χ4v) is 3.61. The molecule has 1 fully saturated rings. The molecule has 1 aromatic carbocycles. The number of likely N-dealkylation sites (N-methyl/N-ethyl adjacent to an activating group) is 1. The van der Waals surface area contributed by atoms with Crippen molar-refractivity contribution in [2.45, 2.75) is 50.7 Å². The topological polar surface area (TPSA) is 21.3 Å². The van der Waals surface area contributed by atoms with Crippen LogP contribution in [-0.4, -0.2) is 25.8 Å². The molecule has 0 radical (unpaired) electrons. The van der Waals surface area contributed by atoms with Gasteiger partial charge in [0.2, 0.25) is 0 Å². The molecule has 1 saturated carbocycles. The fraction of sp³-hybridized carbons (Fsp3) is 0.647. The van der Waals surface area contributed by atoms with E-state index in [0.717, 1.165) is 24.3 Å². The lowest BCUT2D eigenvalue weighted by molar-refractivity contribution is -0.0730. The van der Waals surface area contributed by atoms with Crippen molar-refractivity contribution >= 4 is 11.6 Å². The Balaban J connectivity index is 2.19. The Morgan fingerprint density at radius 3 is 2.67 bits per heavy atom. The first-order valence-corrected chi connectivity index (χ1v) is 8.05. The van der Waals surface area contributed by atoms with Crippen molar-refractivity contribution in [3.8, 4) is 0 Å².